The standard InChI is InChI=1S/C8H18N2.C2H6/c9-7-6-8(10)4-2-1-3-5-8;1-2/h1-7,9-10H2;1-2H3. The average Bonchev–Trinajstić information content (AvgIpc) is 2.09. The summed E-state index contributed by atoms with van der Waals surface area (Å²) >= 11 is 0. The van der Waals surface area contributed by atoms with Gasteiger partial charge in [0, 0.05) is 5.54 Å². The van der Waals surface area contributed by atoms with Crippen molar-refractivity contribution >= 4 is 0 Å². The molecule has 0 heterocycles. The fourth-order valence-electron chi connectivity index (χ4n) is 1.79. The molecule has 0 aromatic carbocycles. The molecular formula is C10H24N2. The molecule has 1 saturated carbocycles. The minimum absolute atomic E-state index is 0.104. The van der Waals surface area contributed by atoms with Gasteiger partial charge in [0.15, 0.2) is 0 Å². The Hall–Kier alpha value is -0.0800. The van der Waals surface area contributed by atoms with Gasteiger partial charge in [-0.05, 0) is 25.8 Å². The number of hydrogen-bond acceptors (Lipinski definition) is 2. The molecule has 0 spiro atoms. The van der Waals surface area contributed by atoms with Gasteiger partial charge in [0.2, 0.25) is 0 Å². The summed E-state index contributed by atoms with van der Waals surface area (Å²) in [6.07, 6.45) is 7.35. The van der Waals surface area contributed by atoms with Gasteiger partial charge in [-0.1, -0.05) is 33.1 Å². The van der Waals surface area contributed by atoms with Gasteiger partial charge in [-0.2, -0.15) is 0 Å². The van der Waals surface area contributed by atoms with E-state index in [1.807, 2.05) is 13.8 Å². The van der Waals surface area contributed by atoms with Crippen molar-refractivity contribution < 1.29 is 0 Å². The number of rotatable bonds is 2. The highest BCUT2D eigenvalue weighted by Gasteiger charge is 2.25. The van der Waals surface area contributed by atoms with Gasteiger partial charge in [-0.15, -0.1) is 0 Å². The van der Waals surface area contributed by atoms with E-state index >= 15 is 0 Å². The molecule has 0 aromatic heterocycles. The highest BCUT2D eigenvalue weighted by atomic mass is 14.8. The molecule has 0 atom stereocenters. The first-order chi connectivity index (χ1) is 5.77. The molecule has 0 radical (unpaired) electrons. The molecule has 0 bridgehead atoms. The fourth-order valence-corrected chi connectivity index (χ4v) is 1.79. The van der Waals surface area contributed by atoms with Crippen molar-refractivity contribution in [1.82, 2.24) is 0 Å². The zero-order chi connectivity index (χ0) is 9.45. The first-order valence-corrected chi connectivity index (χ1v) is 5.26. The van der Waals surface area contributed by atoms with Crippen LogP contribution in [-0.2, 0) is 0 Å². The second-order valence-electron chi connectivity index (χ2n) is 3.46. The third-order valence-electron chi connectivity index (χ3n) is 2.49. The van der Waals surface area contributed by atoms with Crippen molar-refractivity contribution in [3.63, 3.8) is 0 Å². The van der Waals surface area contributed by atoms with Crippen LogP contribution in [0, 0.1) is 0 Å². The van der Waals surface area contributed by atoms with Gasteiger partial charge < -0.3 is 11.5 Å². The summed E-state index contributed by atoms with van der Waals surface area (Å²) in [4.78, 5) is 0. The van der Waals surface area contributed by atoms with E-state index in [9.17, 15) is 0 Å². The van der Waals surface area contributed by atoms with Crippen LogP contribution < -0.4 is 11.5 Å². The van der Waals surface area contributed by atoms with Crippen molar-refractivity contribution in [2.75, 3.05) is 6.54 Å². The summed E-state index contributed by atoms with van der Waals surface area (Å²) in [5.41, 5.74) is 11.7. The zero-order valence-electron chi connectivity index (χ0n) is 8.60. The first-order valence-electron chi connectivity index (χ1n) is 5.26. The Morgan fingerprint density at radius 3 is 2.00 bits per heavy atom. The molecule has 2 nitrogen and oxygen atoms in total. The van der Waals surface area contributed by atoms with Crippen LogP contribution >= 0.6 is 0 Å². The monoisotopic (exact) mass is 172 g/mol. The van der Waals surface area contributed by atoms with E-state index < -0.39 is 0 Å². The third kappa shape index (κ3) is 4.07. The molecule has 0 aliphatic heterocycles. The van der Waals surface area contributed by atoms with Crippen molar-refractivity contribution in [2.45, 2.75) is 57.9 Å². The summed E-state index contributed by atoms with van der Waals surface area (Å²) in [6.45, 7) is 4.75. The highest BCUT2D eigenvalue weighted by Crippen LogP contribution is 2.27. The summed E-state index contributed by atoms with van der Waals surface area (Å²) in [6, 6.07) is 0. The fraction of sp³-hybridized carbons (Fsp3) is 1.00. The number of nitrogens with two attached hydrogens (primary N) is 2. The lowest BCUT2D eigenvalue weighted by atomic mass is 9.80. The van der Waals surface area contributed by atoms with Gasteiger partial charge in [-0.3, -0.25) is 0 Å². The highest BCUT2D eigenvalue weighted by molar-refractivity contribution is 4.86. The minimum Gasteiger partial charge on any atom is -0.330 e. The predicted octanol–water partition coefficient (Wildman–Crippen LogP) is 2.02. The average molecular weight is 172 g/mol. The van der Waals surface area contributed by atoms with Gasteiger partial charge >= 0.3 is 0 Å². The Labute approximate surface area is 76.7 Å². The van der Waals surface area contributed by atoms with Gasteiger partial charge in [0.25, 0.3) is 0 Å². The number of hydrogen-bond donors (Lipinski definition) is 2. The van der Waals surface area contributed by atoms with Crippen LogP contribution in [0.2, 0.25) is 0 Å². The van der Waals surface area contributed by atoms with E-state index in [-0.39, 0.29) is 5.54 Å². The largest absolute Gasteiger partial charge is 0.330 e. The van der Waals surface area contributed by atoms with Crippen molar-refractivity contribution in [1.29, 1.82) is 0 Å². The smallest absolute Gasteiger partial charge is 0.0166 e. The van der Waals surface area contributed by atoms with Crippen LogP contribution in [0.15, 0.2) is 0 Å². The third-order valence-corrected chi connectivity index (χ3v) is 2.49. The maximum Gasteiger partial charge on any atom is 0.0166 e. The molecule has 4 N–H and O–H groups in total. The molecule has 0 saturated heterocycles. The maximum absolute atomic E-state index is 6.09. The molecule has 74 valence electrons. The molecular weight excluding hydrogens is 148 g/mol. The zero-order valence-corrected chi connectivity index (χ0v) is 8.60. The first kappa shape index (κ1) is 11.9. The molecule has 2 heteroatoms. The summed E-state index contributed by atoms with van der Waals surface area (Å²) in [5, 5.41) is 0. The van der Waals surface area contributed by atoms with Gasteiger partial charge in [-0.25, -0.2) is 0 Å². The Morgan fingerprint density at radius 1 is 1.08 bits per heavy atom. The topological polar surface area (TPSA) is 52.0 Å². The van der Waals surface area contributed by atoms with E-state index in [0.717, 1.165) is 13.0 Å². The van der Waals surface area contributed by atoms with E-state index in [1.165, 1.54) is 32.1 Å². The second-order valence-corrected chi connectivity index (χ2v) is 3.46. The SMILES string of the molecule is CC.NCCC1(N)CCCCC1. The van der Waals surface area contributed by atoms with Gasteiger partial charge in [0.05, 0.1) is 0 Å². The molecule has 0 amide bonds. The van der Waals surface area contributed by atoms with Crippen molar-refractivity contribution in [2.24, 2.45) is 11.5 Å². The summed E-state index contributed by atoms with van der Waals surface area (Å²) in [7, 11) is 0. The lowest BCUT2D eigenvalue weighted by Crippen LogP contribution is -2.43. The second kappa shape index (κ2) is 6.44. The van der Waals surface area contributed by atoms with Crippen LogP contribution in [0.3, 0.4) is 0 Å². The minimum atomic E-state index is 0.104. The van der Waals surface area contributed by atoms with Crippen molar-refractivity contribution in [3.05, 3.63) is 0 Å². The Morgan fingerprint density at radius 2 is 1.58 bits per heavy atom. The summed E-state index contributed by atoms with van der Waals surface area (Å²) < 4.78 is 0. The summed E-state index contributed by atoms with van der Waals surface area (Å²) in [5.74, 6) is 0. The molecule has 1 fully saturated rings. The molecule has 1 rings (SSSR count). The molecule has 1 aliphatic carbocycles. The van der Waals surface area contributed by atoms with Crippen LogP contribution in [0.4, 0.5) is 0 Å². The maximum atomic E-state index is 6.09. The van der Waals surface area contributed by atoms with Crippen LogP contribution in [0.1, 0.15) is 52.4 Å². The van der Waals surface area contributed by atoms with E-state index in [1.54, 1.807) is 0 Å². The quantitative estimate of drug-likeness (QED) is 0.669. The van der Waals surface area contributed by atoms with Crippen LogP contribution in [-0.4, -0.2) is 12.1 Å². The molecule has 12 heavy (non-hydrogen) atoms. The van der Waals surface area contributed by atoms with E-state index in [2.05, 4.69) is 0 Å². The Bertz CT molecular complexity index is 90.5. The lowest BCUT2D eigenvalue weighted by Gasteiger charge is -2.32. The lowest BCUT2D eigenvalue weighted by molar-refractivity contribution is 0.282. The Kier molecular flexibility index (Phi) is 6.39. The molecule has 1 aliphatic rings. The molecule has 0 aromatic rings. The van der Waals surface area contributed by atoms with Crippen molar-refractivity contribution in [3.8, 4) is 0 Å². The van der Waals surface area contributed by atoms with E-state index in [4.69, 9.17) is 11.5 Å². The molecule has 0 unspecified atom stereocenters. The Balaban J connectivity index is 0.000000561. The van der Waals surface area contributed by atoms with E-state index in [0.29, 0.717) is 0 Å². The van der Waals surface area contributed by atoms with Crippen LogP contribution in [0.5, 0.6) is 0 Å². The van der Waals surface area contributed by atoms with Gasteiger partial charge in [0.1, 0.15) is 0 Å². The predicted molar refractivity (Wildman–Crippen MR) is 55.0 cm³/mol. The van der Waals surface area contributed by atoms with Crippen LogP contribution in [0.25, 0.3) is 0 Å². The normalized spacial score (nSPS) is 21.0.